The molecule has 3 N–H and O–H groups in total. The largest absolute Gasteiger partial charge is 0.359 e. The van der Waals surface area contributed by atoms with E-state index in [-0.39, 0.29) is 5.91 Å². The topological polar surface area (TPSA) is 110 Å². The summed E-state index contributed by atoms with van der Waals surface area (Å²) in [6, 6.07) is 14.8. The van der Waals surface area contributed by atoms with Crippen LogP contribution in [0.15, 0.2) is 54.9 Å². The van der Waals surface area contributed by atoms with E-state index in [0.29, 0.717) is 23.3 Å². The third-order valence-electron chi connectivity index (χ3n) is 4.05. The van der Waals surface area contributed by atoms with Crippen LogP contribution in [0, 0.1) is 11.3 Å². The summed E-state index contributed by atoms with van der Waals surface area (Å²) < 4.78 is 0. The van der Waals surface area contributed by atoms with E-state index < -0.39 is 0 Å². The molecule has 1 amide bonds. The Morgan fingerprint density at radius 1 is 1.23 bits per heavy atom. The molecule has 1 aromatic carbocycles. The number of pyridine rings is 1. The average Bonchev–Trinajstić information content (AvgIpc) is 3.33. The lowest BCUT2D eigenvalue weighted by Gasteiger charge is -2.04. The van der Waals surface area contributed by atoms with Gasteiger partial charge in [-0.25, -0.2) is 4.98 Å². The summed E-state index contributed by atoms with van der Waals surface area (Å²) in [4.78, 5) is 19.7. The summed E-state index contributed by atoms with van der Waals surface area (Å²) in [6.45, 7) is 0.353. The molecule has 0 radical (unpaired) electrons. The predicted molar refractivity (Wildman–Crippen MR) is 96.0 cm³/mol. The standard InChI is InChI=1S/C19H14N6O/c20-9-12-3-1-4-13(7-12)10-23-19(26)14-8-16(22-11-14)17-15-5-2-6-21-18(15)25-24-17/h1-8,11,22H,10H2,(H,23,26)(H,21,24,25). The maximum atomic E-state index is 12.4. The number of carbonyl (C=O) groups is 1. The van der Waals surface area contributed by atoms with E-state index in [9.17, 15) is 4.79 Å². The molecular formula is C19H14N6O. The van der Waals surface area contributed by atoms with E-state index >= 15 is 0 Å². The molecule has 0 aliphatic heterocycles. The number of aromatic amines is 2. The van der Waals surface area contributed by atoms with Crippen molar-refractivity contribution < 1.29 is 4.79 Å². The van der Waals surface area contributed by atoms with Gasteiger partial charge in [-0.1, -0.05) is 12.1 Å². The highest BCUT2D eigenvalue weighted by Crippen LogP contribution is 2.24. The second-order valence-corrected chi connectivity index (χ2v) is 5.77. The Morgan fingerprint density at radius 3 is 3.04 bits per heavy atom. The molecule has 0 saturated heterocycles. The summed E-state index contributed by atoms with van der Waals surface area (Å²) >= 11 is 0. The quantitative estimate of drug-likeness (QED) is 0.529. The molecule has 7 nitrogen and oxygen atoms in total. The van der Waals surface area contributed by atoms with Crippen LogP contribution in [0.2, 0.25) is 0 Å². The lowest BCUT2D eigenvalue weighted by molar-refractivity contribution is 0.0951. The first-order chi connectivity index (χ1) is 12.7. The van der Waals surface area contributed by atoms with Crippen molar-refractivity contribution in [2.45, 2.75) is 6.54 Å². The number of nitrogens with zero attached hydrogens (tertiary/aromatic N) is 3. The molecule has 0 bridgehead atoms. The molecule has 0 saturated carbocycles. The number of fused-ring (bicyclic) bond motifs is 1. The van der Waals surface area contributed by atoms with Crippen LogP contribution in [0.25, 0.3) is 22.4 Å². The van der Waals surface area contributed by atoms with Gasteiger partial charge in [0.05, 0.1) is 28.6 Å². The molecular weight excluding hydrogens is 328 g/mol. The van der Waals surface area contributed by atoms with Gasteiger partial charge in [-0.15, -0.1) is 0 Å². The van der Waals surface area contributed by atoms with Crippen LogP contribution in [-0.4, -0.2) is 26.1 Å². The Morgan fingerprint density at radius 2 is 2.15 bits per heavy atom. The van der Waals surface area contributed by atoms with Crippen LogP contribution in [0.1, 0.15) is 21.5 Å². The van der Waals surface area contributed by atoms with Crippen LogP contribution < -0.4 is 5.32 Å². The minimum atomic E-state index is -0.197. The van der Waals surface area contributed by atoms with Crippen LogP contribution in [-0.2, 0) is 6.54 Å². The van der Waals surface area contributed by atoms with Crippen LogP contribution in [0.3, 0.4) is 0 Å². The lowest BCUT2D eigenvalue weighted by Crippen LogP contribution is -2.22. The number of nitriles is 1. The van der Waals surface area contributed by atoms with Gasteiger partial charge in [0.1, 0.15) is 0 Å². The molecule has 4 aromatic rings. The first kappa shape index (κ1) is 15.6. The third-order valence-corrected chi connectivity index (χ3v) is 4.05. The van der Waals surface area contributed by atoms with E-state index in [1.807, 2.05) is 18.2 Å². The van der Waals surface area contributed by atoms with Gasteiger partial charge in [0.25, 0.3) is 5.91 Å². The van der Waals surface area contributed by atoms with Crippen molar-refractivity contribution in [3.05, 3.63) is 71.5 Å². The second-order valence-electron chi connectivity index (χ2n) is 5.77. The Balaban J connectivity index is 1.50. The average molecular weight is 342 g/mol. The normalized spacial score (nSPS) is 10.6. The van der Waals surface area contributed by atoms with Gasteiger partial charge in [-0.05, 0) is 35.9 Å². The van der Waals surface area contributed by atoms with Crippen LogP contribution in [0.5, 0.6) is 0 Å². The number of aromatic nitrogens is 4. The monoisotopic (exact) mass is 342 g/mol. The van der Waals surface area contributed by atoms with Gasteiger partial charge >= 0.3 is 0 Å². The fourth-order valence-electron chi connectivity index (χ4n) is 2.76. The summed E-state index contributed by atoms with van der Waals surface area (Å²) in [5, 5.41) is 19.8. The highest BCUT2D eigenvalue weighted by molar-refractivity contribution is 5.97. The van der Waals surface area contributed by atoms with Crippen LogP contribution in [0.4, 0.5) is 0 Å². The fourth-order valence-corrected chi connectivity index (χ4v) is 2.76. The molecule has 26 heavy (non-hydrogen) atoms. The zero-order valence-electron chi connectivity index (χ0n) is 13.7. The molecule has 0 aliphatic rings. The van der Waals surface area contributed by atoms with Crippen molar-refractivity contribution in [1.82, 2.24) is 25.5 Å². The second kappa shape index (κ2) is 6.53. The minimum Gasteiger partial charge on any atom is -0.359 e. The molecule has 7 heteroatoms. The zero-order chi connectivity index (χ0) is 17.9. The highest BCUT2D eigenvalue weighted by atomic mass is 16.1. The van der Waals surface area contributed by atoms with Crippen LogP contribution >= 0.6 is 0 Å². The highest BCUT2D eigenvalue weighted by Gasteiger charge is 2.13. The number of benzene rings is 1. The van der Waals surface area contributed by atoms with Crippen molar-refractivity contribution in [3.8, 4) is 17.5 Å². The number of hydrogen-bond donors (Lipinski definition) is 3. The summed E-state index contributed by atoms with van der Waals surface area (Å²) in [6.07, 6.45) is 3.33. The molecule has 0 fully saturated rings. The Kier molecular flexibility index (Phi) is 3.92. The molecule has 0 spiro atoms. The number of nitrogens with one attached hydrogen (secondary N) is 3. The van der Waals surface area contributed by atoms with Crippen molar-refractivity contribution in [3.63, 3.8) is 0 Å². The SMILES string of the molecule is N#Cc1cccc(CNC(=O)c2c[nH]c(-c3[nH]nc4ncccc34)c2)c1. The number of amides is 1. The van der Waals surface area contributed by atoms with Crippen molar-refractivity contribution in [2.75, 3.05) is 0 Å². The minimum absolute atomic E-state index is 0.197. The van der Waals surface area contributed by atoms with E-state index in [0.717, 1.165) is 22.3 Å². The van der Waals surface area contributed by atoms with Gasteiger partial charge in [-0.3, -0.25) is 9.89 Å². The summed E-state index contributed by atoms with van der Waals surface area (Å²) in [5.74, 6) is -0.197. The first-order valence-corrected chi connectivity index (χ1v) is 8.00. The molecule has 3 heterocycles. The smallest absolute Gasteiger partial charge is 0.253 e. The van der Waals surface area contributed by atoms with Crippen molar-refractivity contribution >= 4 is 16.9 Å². The summed E-state index contributed by atoms with van der Waals surface area (Å²) in [5.41, 5.74) is 4.13. The fraction of sp³-hybridized carbons (Fsp3) is 0.0526. The predicted octanol–water partition coefficient (Wildman–Crippen LogP) is 2.75. The maximum absolute atomic E-state index is 12.4. The van der Waals surface area contributed by atoms with Gasteiger partial charge in [0, 0.05) is 24.3 Å². The zero-order valence-corrected chi connectivity index (χ0v) is 13.7. The van der Waals surface area contributed by atoms with E-state index in [2.05, 4.69) is 31.6 Å². The lowest BCUT2D eigenvalue weighted by atomic mass is 10.1. The van der Waals surface area contributed by atoms with Gasteiger partial charge < -0.3 is 10.3 Å². The Labute approximate surface area is 148 Å². The first-order valence-electron chi connectivity index (χ1n) is 8.00. The van der Waals surface area contributed by atoms with Crippen molar-refractivity contribution in [1.29, 1.82) is 5.26 Å². The molecule has 3 aromatic heterocycles. The molecule has 126 valence electrons. The molecule has 0 aliphatic carbocycles. The number of hydrogen-bond acceptors (Lipinski definition) is 4. The Bertz CT molecular complexity index is 1130. The third kappa shape index (κ3) is 2.91. The van der Waals surface area contributed by atoms with Gasteiger partial charge in [0.2, 0.25) is 0 Å². The van der Waals surface area contributed by atoms with E-state index in [1.54, 1.807) is 36.7 Å². The number of H-pyrrole nitrogens is 2. The molecule has 4 rings (SSSR count). The number of carbonyl (C=O) groups excluding carboxylic acids is 1. The summed E-state index contributed by atoms with van der Waals surface area (Å²) in [7, 11) is 0. The van der Waals surface area contributed by atoms with Crippen molar-refractivity contribution in [2.24, 2.45) is 0 Å². The molecule has 0 unspecified atom stereocenters. The Hall–Kier alpha value is -3.92. The molecule has 0 atom stereocenters. The van der Waals surface area contributed by atoms with E-state index in [1.165, 1.54) is 0 Å². The van der Waals surface area contributed by atoms with Gasteiger partial charge in [-0.2, -0.15) is 10.4 Å². The van der Waals surface area contributed by atoms with Gasteiger partial charge in [0.15, 0.2) is 5.65 Å². The number of rotatable bonds is 4. The maximum Gasteiger partial charge on any atom is 0.253 e. The van der Waals surface area contributed by atoms with E-state index in [4.69, 9.17) is 5.26 Å².